The third-order valence-corrected chi connectivity index (χ3v) is 1.98. The first-order chi connectivity index (χ1) is 9.44. The van der Waals surface area contributed by atoms with Crippen LogP contribution in [0.4, 0.5) is 4.39 Å². The summed E-state index contributed by atoms with van der Waals surface area (Å²) in [5, 5.41) is 8.37. The van der Waals surface area contributed by atoms with Crippen LogP contribution in [0.5, 0.6) is 0 Å². The molecule has 1 N–H and O–H groups in total. The van der Waals surface area contributed by atoms with Crippen molar-refractivity contribution in [1.82, 2.24) is 0 Å². The second-order valence-corrected chi connectivity index (χ2v) is 3.55. The first-order valence-corrected chi connectivity index (χ1v) is 6.29. The monoisotopic (exact) mass is 290 g/mol. The molecule has 0 aromatic heterocycles. The zero-order chi connectivity index (χ0) is 16.0. The summed E-state index contributed by atoms with van der Waals surface area (Å²) in [5.74, 6) is -0.809. The van der Waals surface area contributed by atoms with Crippen molar-refractivity contribution in [2.24, 2.45) is 0 Å². The molecule has 0 bridgehead atoms. The maximum atomic E-state index is 11.6. The van der Waals surface area contributed by atoms with Crippen LogP contribution in [0.1, 0.15) is 27.7 Å². The number of allylic oxidation sites excluding steroid dienone is 1. The van der Waals surface area contributed by atoms with E-state index < -0.39 is 12.6 Å². The minimum Gasteiger partial charge on any atom is -0.463 e. The van der Waals surface area contributed by atoms with Gasteiger partial charge in [-0.05, 0) is 39.8 Å². The highest BCUT2D eigenvalue weighted by Crippen LogP contribution is 1.96. The zero-order valence-electron chi connectivity index (χ0n) is 12.4. The first-order valence-electron chi connectivity index (χ1n) is 6.29. The molecule has 5 nitrogen and oxygen atoms in total. The fraction of sp³-hybridized carbons (Fsp3) is 0.571. The highest BCUT2D eigenvalue weighted by atomic mass is 19.1. The summed E-state index contributed by atoms with van der Waals surface area (Å²) in [6, 6.07) is 0. The van der Waals surface area contributed by atoms with E-state index in [4.69, 9.17) is 5.11 Å². The van der Waals surface area contributed by atoms with E-state index in [1.54, 1.807) is 20.8 Å². The predicted octanol–water partition coefficient (Wildman–Crippen LogP) is 1.95. The van der Waals surface area contributed by atoms with Crippen LogP contribution in [-0.2, 0) is 19.1 Å². The van der Waals surface area contributed by atoms with Crippen molar-refractivity contribution in [2.75, 3.05) is 26.5 Å². The van der Waals surface area contributed by atoms with E-state index in [-0.39, 0.29) is 12.6 Å². The Kier molecular flexibility index (Phi) is 14.2. The van der Waals surface area contributed by atoms with Crippen LogP contribution in [-0.4, -0.2) is 43.5 Å². The highest BCUT2D eigenvalue weighted by molar-refractivity contribution is 5.88. The van der Waals surface area contributed by atoms with Crippen molar-refractivity contribution < 1.29 is 28.6 Å². The van der Waals surface area contributed by atoms with Gasteiger partial charge in [0.25, 0.3) is 0 Å². The van der Waals surface area contributed by atoms with Gasteiger partial charge >= 0.3 is 11.9 Å². The molecule has 0 saturated heterocycles. The molecule has 0 rings (SSSR count). The number of esters is 2. The molecule has 0 aliphatic heterocycles. The number of halogens is 1. The van der Waals surface area contributed by atoms with Crippen molar-refractivity contribution in [3.63, 3.8) is 0 Å². The third-order valence-electron chi connectivity index (χ3n) is 1.98. The number of aliphatic hydroxyl groups excluding tert-OH is 1. The normalized spacial score (nSPS) is 11.3. The lowest BCUT2D eigenvalue weighted by molar-refractivity contribution is -0.139. The Balaban J connectivity index is 0. The molecule has 0 amide bonds. The quantitative estimate of drug-likeness (QED) is 0.598. The zero-order valence-corrected chi connectivity index (χ0v) is 12.4. The summed E-state index contributed by atoms with van der Waals surface area (Å²) in [6.07, 6.45) is 2.61. The molecule has 0 unspecified atom stereocenters. The number of carbonyl (C=O) groups excluding carboxylic acids is 2. The van der Waals surface area contributed by atoms with E-state index >= 15 is 0 Å². The second kappa shape index (κ2) is 13.7. The van der Waals surface area contributed by atoms with E-state index in [2.05, 4.69) is 9.47 Å². The van der Waals surface area contributed by atoms with Gasteiger partial charge in [-0.25, -0.2) is 14.0 Å². The lowest BCUT2D eigenvalue weighted by atomic mass is 10.3. The van der Waals surface area contributed by atoms with Crippen LogP contribution in [0.2, 0.25) is 0 Å². The van der Waals surface area contributed by atoms with Crippen molar-refractivity contribution in [1.29, 1.82) is 0 Å². The molecule has 0 aromatic rings. The van der Waals surface area contributed by atoms with Crippen LogP contribution < -0.4 is 0 Å². The van der Waals surface area contributed by atoms with Gasteiger partial charge in [0, 0.05) is 11.1 Å². The fourth-order valence-corrected chi connectivity index (χ4v) is 0.909. The molecule has 0 radical (unpaired) electrons. The van der Waals surface area contributed by atoms with Crippen molar-refractivity contribution in [3.8, 4) is 0 Å². The van der Waals surface area contributed by atoms with E-state index in [1.807, 2.05) is 0 Å². The molecule has 0 saturated carbocycles. The van der Waals surface area contributed by atoms with Gasteiger partial charge in [0.15, 0.2) is 0 Å². The highest BCUT2D eigenvalue weighted by Gasteiger charge is 2.02. The average molecular weight is 290 g/mol. The smallest absolute Gasteiger partial charge is 0.333 e. The number of aliphatic hydroxyl groups is 1. The second-order valence-electron chi connectivity index (χ2n) is 3.55. The maximum Gasteiger partial charge on any atom is 0.333 e. The molecule has 6 heteroatoms. The molecular weight excluding hydrogens is 267 g/mol. The lowest BCUT2D eigenvalue weighted by Gasteiger charge is -1.99. The molecule has 0 aliphatic carbocycles. The molecule has 20 heavy (non-hydrogen) atoms. The summed E-state index contributed by atoms with van der Waals surface area (Å²) in [4.78, 5) is 21.4. The number of hydrogen-bond donors (Lipinski definition) is 1. The summed E-state index contributed by atoms with van der Waals surface area (Å²) in [5.41, 5.74) is 0.772. The average Bonchev–Trinajstić information content (AvgIpc) is 2.40. The number of rotatable bonds is 6. The van der Waals surface area contributed by atoms with Crippen molar-refractivity contribution >= 4 is 11.9 Å². The lowest BCUT2D eigenvalue weighted by Crippen LogP contribution is -2.05. The van der Waals surface area contributed by atoms with Gasteiger partial charge in [0.1, 0.15) is 6.67 Å². The van der Waals surface area contributed by atoms with Gasteiger partial charge in [0.2, 0.25) is 0 Å². The van der Waals surface area contributed by atoms with Crippen LogP contribution in [0.3, 0.4) is 0 Å². The van der Waals surface area contributed by atoms with E-state index in [0.717, 1.165) is 0 Å². The van der Waals surface area contributed by atoms with E-state index in [0.29, 0.717) is 24.4 Å². The molecule has 0 spiro atoms. The van der Waals surface area contributed by atoms with Crippen LogP contribution in [0, 0.1) is 0 Å². The third kappa shape index (κ3) is 11.4. The van der Waals surface area contributed by atoms with Crippen LogP contribution in [0.15, 0.2) is 23.3 Å². The molecule has 0 atom stereocenters. The topological polar surface area (TPSA) is 72.8 Å². The Morgan fingerprint density at radius 3 is 1.70 bits per heavy atom. The Hall–Kier alpha value is -1.69. The molecule has 0 heterocycles. The Bertz CT molecular complexity index is 313. The van der Waals surface area contributed by atoms with E-state index in [1.165, 1.54) is 19.1 Å². The van der Waals surface area contributed by atoms with Gasteiger partial charge in [-0.1, -0.05) is 0 Å². The first kappa shape index (κ1) is 20.6. The Morgan fingerprint density at radius 1 is 1.00 bits per heavy atom. The van der Waals surface area contributed by atoms with Crippen LogP contribution in [0.25, 0.3) is 0 Å². The molecule has 116 valence electrons. The summed E-state index contributed by atoms with van der Waals surface area (Å²) in [6.45, 7) is 6.54. The molecular formula is C14H23FO5. The van der Waals surface area contributed by atoms with E-state index in [9.17, 15) is 14.0 Å². The fourth-order valence-electron chi connectivity index (χ4n) is 0.909. The Labute approximate surface area is 119 Å². The molecule has 0 aliphatic rings. The maximum absolute atomic E-state index is 11.6. The summed E-state index contributed by atoms with van der Waals surface area (Å²) >= 11 is 0. The summed E-state index contributed by atoms with van der Waals surface area (Å²) < 4.78 is 20.8. The largest absolute Gasteiger partial charge is 0.463 e. The minimum atomic E-state index is -0.620. The summed E-state index contributed by atoms with van der Waals surface area (Å²) in [7, 11) is 0. The number of carbonyl (C=O) groups is 2. The predicted molar refractivity (Wildman–Crippen MR) is 73.8 cm³/mol. The molecule has 0 fully saturated rings. The van der Waals surface area contributed by atoms with Crippen LogP contribution >= 0.6 is 0 Å². The van der Waals surface area contributed by atoms with Gasteiger partial charge < -0.3 is 14.6 Å². The number of hydrogen-bond acceptors (Lipinski definition) is 5. The number of ether oxygens (including phenoxy) is 2. The Morgan fingerprint density at radius 2 is 1.40 bits per heavy atom. The minimum absolute atomic E-state index is 0.120. The molecule has 0 aromatic carbocycles. The van der Waals surface area contributed by atoms with Gasteiger partial charge in [-0.3, -0.25) is 0 Å². The SMILES string of the molecule is CCOC(=O)/C(C)=C/CF.CCOC(=O)/C(C)=C/CO. The van der Waals surface area contributed by atoms with Gasteiger partial charge in [-0.15, -0.1) is 0 Å². The van der Waals surface area contributed by atoms with Gasteiger partial charge in [-0.2, -0.15) is 0 Å². The van der Waals surface area contributed by atoms with Crippen molar-refractivity contribution in [2.45, 2.75) is 27.7 Å². The van der Waals surface area contributed by atoms with Gasteiger partial charge in [0.05, 0.1) is 19.8 Å². The van der Waals surface area contributed by atoms with Crippen molar-refractivity contribution in [3.05, 3.63) is 23.3 Å². The number of alkyl halides is 1. The standard InChI is InChI=1S/C7H11FO2.C7H12O3/c2*1-3-10-7(9)6(2)4-5-8/h4H,3,5H2,1-2H3;4,8H,3,5H2,1-2H3/b2*6-4+.